The molecule has 0 saturated heterocycles. The van der Waals surface area contributed by atoms with E-state index in [1.54, 1.807) is 6.21 Å². The van der Waals surface area contributed by atoms with Gasteiger partial charge < -0.3 is 0 Å². The third-order valence-corrected chi connectivity index (χ3v) is 2.02. The first-order chi connectivity index (χ1) is 6.18. The first-order valence-electron chi connectivity index (χ1n) is 3.73. The number of nitrogens with one attached hydrogen (secondary N) is 1. The van der Waals surface area contributed by atoms with Crippen molar-refractivity contribution in [2.45, 2.75) is 6.92 Å². The summed E-state index contributed by atoms with van der Waals surface area (Å²) in [5, 5.41) is 3.74. The van der Waals surface area contributed by atoms with Crippen LogP contribution in [0.3, 0.4) is 0 Å². The van der Waals surface area contributed by atoms with Crippen LogP contribution in [-0.2, 0) is 4.79 Å². The van der Waals surface area contributed by atoms with Gasteiger partial charge in [0.05, 0.1) is 6.21 Å². The second kappa shape index (κ2) is 4.96. The summed E-state index contributed by atoms with van der Waals surface area (Å²) in [5.74, 6) is -0.165. The van der Waals surface area contributed by atoms with E-state index in [-0.39, 0.29) is 5.91 Å². The Morgan fingerprint density at radius 2 is 2.08 bits per heavy atom. The topological polar surface area (TPSA) is 41.5 Å². The molecule has 1 aromatic carbocycles. The number of nitrogens with zero attached hydrogens (tertiary/aromatic N) is 1. The average molecular weight is 288 g/mol. The van der Waals surface area contributed by atoms with Gasteiger partial charge in [0.15, 0.2) is 0 Å². The molecule has 0 spiro atoms. The summed E-state index contributed by atoms with van der Waals surface area (Å²) in [7, 11) is 0. The summed E-state index contributed by atoms with van der Waals surface area (Å²) in [6.07, 6.45) is 1.61. The smallest absolute Gasteiger partial charge is 0.236 e. The number of hydrogen-bond acceptors (Lipinski definition) is 2. The van der Waals surface area contributed by atoms with Crippen LogP contribution in [0, 0.1) is 3.57 Å². The number of carbonyl (C=O) groups excluding carboxylic acids is 1. The highest BCUT2D eigenvalue weighted by Crippen LogP contribution is 2.04. The van der Waals surface area contributed by atoms with Crippen molar-refractivity contribution in [1.29, 1.82) is 0 Å². The summed E-state index contributed by atoms with van der Waals surface area (Å²) >= 11 is 2.23. The number of rotatable bonds is 2. The van der Waals surface area contributed by atoms with E-state index in [9.17, 15) is 4.79 Å². The molecule has 1 rings (SSSR count). The van der Waals surface area contributed by atoms with Gasteiger partial charge in [-0.1, -0.05) is 12.1 Å². The predicted octanol–water partition coefficient (Wildman–Crippen LogP) is 1.76. The maximum Gasteiger partial charge on any atom is 0.236 e. The summed E-state index contributed by atoms with van der Waals surface area (Å²) < 4.78 is 1.18. The zero-order valence-electron chi connectivity index (χ0n) is 7.12. The van der Waals surface area contributed by atoms with Gasteiger partial charge in [-0.3, -0.25) is 4.79 Å². The number of benzene rings is 1. The number of halogens is 1. The average Bonchev–Trinajstić information content (AvgIpc) is 2.08. The Hall–Kier alpha value is -0.910. The Labute approximate surface area is 90.4 Å². The Kier molecular flexibility index (Phi) is 3.88. The van der Waals surface area contributed by atoms with Gasteiger partial charge in [0.1, 0.15) is 0 Å². The van der Waals surface area contributed by atoms with Crippen LogP contribution in [0.2, 0.25) is 0 Å². The van der Waals surface area contributed by atoms with E-state index < -0.39 is 0 Å². The maximum absolute atomic E-state index is 10.5. The van der Waals surface area contributed by atoms with Gasteiger partial charge in [-0.2, -0.15) is 5.10 Å². The lowest BCUT2D eigenvalue weighted by molar-refractivity contribution is -0.118. The molecule has 1 N–H and O–H groups in total. The van der Waals surface area contributed by atoms with Crippen molar-refractivity contribution in [2.75, 3.05) is 0 Å². The van der Waals surface area contributed by atoms with Gasteiger partial charge in [0, 0.05) is 10.5 Å². The molecule has 1 aromatic rings. The zero-order valence-corrected chi connectivity index (χ0v) is 9.28. The largest absolute Gasteiger partial charge is 0.274 e. The van der Waals surface area contributed by atoms with E-state index in [1.807, 2.05) is 24.3 Å². The first-order valence-corrected chi connectivity index (χ1v) is 4.81. The Morgan fingerprint density at radius 1 is 1.46 bits per heavy atom. The highest BCUT2D eigenvalue weighted by Gasteiger charge is 1.88. The number of carbonyl (C=O) groups is 1. The minimum atomic E-state index is -0.165. The fourth-order valence-corrected chi connectivity index (χ4v) is 1.11. The normalized spacial score (nSPS) is 10.3. The standard InChI is InChI=1S/C9H9IN2O/c1-7(13)12-11-6-8-2-4-9(10)5-3-8/h2-6H,1H3,(H,12,13)/b11-6-. The molecule has 0 fully saturated rings. The van der Waals surface area contributed by atoms with Gasteiger partial charge in [-0.05, 0) is 40.3 Å². The summed E-state index contributed by atoms with van der Waals surface area (Å²) in [4.78, 5) is 10.5. The highest BCUT2D eigenvalue weighted by molar-refractivity contribution is 14.1. The molecule has 0 aromatic heterocycles. The highest BCUT2D eigenvalue weighted by atomic mass is 127. The van der Waals surface area contributed by atoms with Crippen molar-refractivity contribution in [3.05, 3.63) is 33.4 Å². The SMILES string of the molecule is CC(=O)N/N=C\c1ccc(I)cc1. The molecule has 0 saturated carbocycles. The maximum atomic E-state index is 10.5. The van der Waals surface area contributed by atoms with Crippen LogP contribution in [0.25, 0.3) is 0 Å². The minimum absolute atomic E-state index is 0.165. The lowest BCUT2D eigenvalue weighted by atomic mass is 10.2. The van der Waals surface area contributed by atoms with E-state index in [0.717, 1.165) is 5.56 Å². The van der Waals surface area contributed by atoms with E-state index in [4.69, 9.17) is 0 Å². The number of amides is 1. The molecule has 3 nitrogen and oxygen atoms in total. The summed E-state index contributed by atoms with van der Waals surface area (Å²) in [6.45, 7) is 1.42. The van der Waals surface area contributed by atoms with Gasteiger partial charge in [0.2, 0.25) is 5.91 Å². The fourth-order valence-electron chi connectivity index (χ4n) is 0.747. The fraction of sp³-hybridized carbons (Fsp3) is 0.111. The van der Waals surface area contributed by atoms with E-state index in [2.05, 4.69) is 33.1 Å². The van der Waals surface area contributed by atoms with Gasteiger partial charge in [0.25, 0.3) is 0 Å². The summed E-state index contributed by atoms with van der Waals surface area (Å²) in [6, 6.07) is 7.84. The van der Waals surface area contributed by atoms with Crippen molar-refractivity contribution in [3.63, 3.8) is 0 Å². The molecular formula is C9H9IN2O. The quantitative estimate of drug-likeness (QED) is 0.503. The molecule has 0 radical (unpaired) electrons. The molecule has 1 amide bonds. The second-order valence-electron chi connectivity index (χ2n) is 2.48. The van der Waals surface area contributed by atoms with Crippen LogP contribution >= 0.6 is 22.6 Å². The molecule has 0 atom stereocenters. The van der Waals surface area contributed by atoms with E-state index in [1.165, 1.54) is 10.5 Å². The third-order valence-electron chi connectivity index (χ3n) is 1.31. The van der Waals surface area contributed by atoms with Crippen LogP contribution in [0.15, 0.2) is 29.4 Å². The predicted molar refractivity (Wildman–Crippen MR) is 60.6 cm³/mol. The van der Waals surface area contributed by atoms with Gasteiger partial charge in [-0.25, -0.2) is 5.43 Å². The monoisotopic (exact) mass is 288 g/mol. The van der Waals surface area contributed by atoms with Crippen molar-refractivity contribution >= 4 is 34.7 Å². The van der Waals surface area contributed by atoms with Crippen LogP contribution in [0.1, 0.15) is 12.5 Å². The van der Waals surface area contributed by atoms with Crippen LogP contribution in [0.4, 0.5) is 0 Å². The van der Waals surface area contributed by atoms with Crippen LogP contribution < -0.4 is 5.43 Å². The molecule has 0 aliphatic carbocycles. The summed E-state index contributed by atoms with van der Waals surface area (Å²) in [5.41, 5.74) is 3.30. The Bertz CT molecular complexity index is 319. The van der Waals surface area contributed by atoms with Crippen molar-refractivity contribution in [3.8, 4) is 0 Å². The lowest BCUT2D eigenvalue weighted by Gasteiger charge is -1.93. The van der Waals surface area contributed by atoms with Gasteiger partial charge in [-0.15, -0.1) is 0 Å². The third kappa shape index (κ3) is 4.02. The number of hydrazone groups is 1. The van der Waals surface area contributed by atoms with Crippen molar-refractivity contribution in [2.24, 2.45) is 5.10 Å². The number of hydrogen-bond donors (Lipinski definition) is 1. The molecule has 68 valence electrons. The molecule has 0 heterocycles. The van der Waals surface area contributed by atoms with E-state index in [0.29, 0.717) is 0 Å². The molecule has 4 heteroatoms. The molecular weight excluding hydrogens is 279 g/mol. The lowest BCUT2D eigenvalue weighted by Crippen LogP contribution is -2.12. The molecule has 13 heavy (non-hydrogen) atoms. The van der Waals surface area contributed by atoms with Gasteiger partial charge >= 0.3 is 0 Å². The molecule has 0 aliphatic heterocycles. The Balaban J connectivity index is 2.59. The molecule has 0 bridgehead atoms. The minimum Gasteiger partial charge on any atom is -0.274 e. The van der Waals surface area contributed by atoms with E-state index >= 15 is 0 Å². The molecule has 0 unspecified atom stereocenters. The van der Waals surface area contributed by atoms with Crippen LogP contribution in [0.5, 0.6) is 0 Å². The zero-order chi connectivity index (χ0) is 9.68. The van der Waals surface area contributed by atoms with Crippen molar-refractivity contribution in [1.82, 2.24) is 5.43 Å². The Morgan fingerprint density at radius 3 is 2.62 bits per heavy atom. The second-order valence-corrected chi connectivity index (χ2v) is 3.72. The molecule has 0 aliphatic rings. The first kappa shape index (κ1) is 10.2. The van der Waals surface area contributed by atoms with Crippen molar-refractivity contribution < 1.29 is 4.79 Å². The van der Waals surface area contributed by atoms with Crippen LogP contribution in [-0.4, -0.2) is 12.1 Å².